The zero-order valence-electron chi connectivity index (χ0n) is 14.6. The van der Waals surface area contributed by atoms with Gasteiger partial charge in [0.25, 0.3) is 0 Å². The van der Waals surface area contributed by atoms with Crippen LogP contribution in [0.2, 0.25) is 0 Å². The molecule has 0 aliphatic heterocycles. The van der Waals surface area contributed by atoms with Crippen LogP contribution in [-0.4, -0.2) is 18.4 Å². The Balaban J connectivity index is 1.50. The van der Waals surface area contributed by atoms with E-state index in [0.717, 1.165) is 41.0 Å². The summed E-state index contributed by atoms with van der Waals surface area (Å²) in [6, 6.07) is 13.2. The van der Waals surface area contributed by atoms with Crippen molar-refractivity contribution in [2.24, 2.45) is 5.92 Å². The molecular formula is C20H23N3O2. The van der Waals surface area contributed by atoms with Gasteiger partial charge in [-0.3, -0.25) is 9.59 Å². The summed E-state index contributed by atoms with van der Waals surface area (Å²) in [6.07, 6.45) is 1.97. The number of benzene rings is 2. The van der Waals surface area contributed by atoms with E-state index in [2.05, 4.69) is 16.0 Å². The fraction of sp³-hybridized carbons (Fsp3) is 0.300. The highest BCUT2D eigenvalue weighted by Gasteiger charge is 2.29. The number of carbonyl (C=O) groups excluding carboxylic acids is 2. The van der Waals surface area contributed by atoms with Crippen LogP contribution in [0.3, 0.4) is 0 Å². The second-order valence-electron chi connectivity index (χ2n) is 6.49. The molecule has 0 spiro atoms. The first kappa shape index (κ1) is 17.0. The fourth-order valence-corrected chi connectivity index (χ4v) is 2.52. The number of hydrogen-bond acceptors (Lipinski definition) is 3. The van der Waals surface area contributed by atoms with Crippen molar-refractivity contribution in [3.8, 4) is 0 Å². The lowest BCUT2D eigenvalue weighted by atomic mass is 10.1. The molecular weight excluding hydrogens is 314 g/mol. The molecule has 0 radical (unpaired) electrons. The minimum absolute atomic E-state index is 0.0913. The summed E-state index contributed by atoms with van der Waals surface area (Å²) in [5, 5.41) is 8.90. The standard InChI is InChI=1S/C20H23N3O2/c1-13-4-3-5-18(14(13)2)23-19(24)12-21-16-8-10-17(11-9-16)22-20(25)15-6-7-15/h3-5,8-11,15,21H,6-7,12H2,1-2H3,(H,22,25)(H,23,24). The normalized spacial score (nSPS) is 13.2. The van der Waals surface area contributed by atoms with Crippen molar-refractivity contribution < 1.29 is 9.59 Å². The summed E-state index contributed by atoms with van der Waals surface area (Å²) in [5.74, 6) is 0.181. The van der Waals surface area contributed by atoms with Crippen molar-refractivity contribution in [1.82, 2.24) is 0 Å². The van der Waals surface area contributed by atoms with Gasteiger partial charge in [-0.2, -0.15) is 0 Å². The highest BCUT2D eigenvalue weighted by molar-refractivity contribution is 5.95. The molecule has 0 bridgehead atoms. The van der Waals surface area contributed by atoms with E-state index in [1.807, 2.05) is 56.3 Å². The van der Waals surface area contributed by atoms with E-state index < -0.39 is 0 Å². The van der Waals surface area contributed by atoms with Crippen molar-refractivity contribution in [1.29, 1.82) is 0 Å². The van der Waals surface area contributed by atoms with Crippen molar-refractivity contribution in [2.75, 3.05) is 22.5 Å². The first-order valence-electron chi connectivity index (χ1n) is 8.54. The molecule has 1 aliphatic rings. The van der Waals surface area contributed by atoms with Crippen LogP contribution in [-0.2, 0) is 9.59 Å². The Hall–Kier alpha value is -2.82. The zero-order chi connectivity index (χ0) is 17.8. The molecule has 3 rings (SSSR count). The molecule has 1 aliphatic carbocycles. The maximum absolute atomic E-state index is 12.1. The molecule has 2 aromatic carbocycles. The number of carbonyl (C=O) groups is 2. The van der Waals surface area contributed by atoms with Crippen LogP contribution in [0.25, 0.3) is 0 Å². The molecule has 5 heteroatoms. The Kier molecular flexibility index (Phi) is 5.03. The number of rotatable bonds is 6. The average molecular weight is 337 g/mol. The number of aryl methyl sites for hydroxylation is 1. The lowest BCUT2D eigenvalue weighted by Gasteiger charge is -2.12. The van der Waals surface area contributed by atoms with Crippen molar-refractivity contribution >= 4 is 28.9 Å². The fourth-order valence-electron chi connectivity index (χ4n) is 2.52. The molecule has 0 aromatic heterocycles. The third-order valence-electron chi connectivity index (χ3n) is 4.43. The minimum Gasteiger partial charge on any atom is -0.376 e. The smallest absolute Gasteiger partial charge is 0.243 e. The molecule has 25 heavy (non-hydrogen) atoms. The third-order valence-corrected chi connectivity index (χ3v) is 4.43. The molecule has 2 aromatic rings. The molecule has 2 amide bonds. The van der Waals surface area contributed by atoms with Gasteiger partial charge in [-0.15, -0.1) is 0 Å². The van der Waals surface area contributed by atoms with E-state index in [1.54, 1.807) is 0 Å². The van der Waals surface area contributed by atoms with Gasteiger partial charge in [0.1, 0.15) is 0 Å². The van der Waals surface area contributed by atoms with Crippen LogP contribution < -0.4 is 16.0 Å². The van der Waals surface area contributed by atoms with Crippen LogP contribution in [0, 0.1) is 19.8 Å². The van der Waals surface area contributed by atoms with E-state index in [1.165, 1.54) is 0 Å². The molecule has 0 unspecified atom stereocenters. The Morgan fingerprint density at radius 2 is 1.64 bits per heavy atom. The maximum Gasteiger partial charge on any atom is 0.243 e. The molecule has 5 nitrogen and oxygen atoms in total. The van der Waals surface area contributed by atoms with Gasteiger partial charge in [0, 0.05) is 23.0 Å². The van der Waals surface area contributed by atoms with Crippen molar-refractivity contribution in [3.63, 3.8) is 0 Å². The Morgan fingerprint density at radius 3 is 2.32 bits per heavy atom. The predicted molar refractivity (Wildman–Crippen MR) is 101 cm³/mol. The Morgan fingerprint density at radius 1 is 0.960 bits per heavy atom. The highest BCUT2D eigenvalue weighted by atomic mass is 16.2. The first-order chi connectivity index (χ1) is 12.0. The average Bonchev–Trinajstić information content (AvgIpc) is 3.43. The molecule has 1 saturated carbocycles. The van der Waals surface area contributed by atoms with E-state index in [9.17, 15) is 9.59 Å². The number of nitrogens with one attached hydrogen (secondary N) is 3. The SMILES string of the molecule is Cc1cccc(NC(=O)CNc2ccc(NC(=O)C3CC3)cc2)c1C. The largest absolute Gasteiger partial charge is 0.376 e. The van der Waals surface area contributed by atoms with E-state index in [4.69, 9.17) is 0 Å². The second-order valence-corrected chi connectivity index (χ2v) is 6.49. The van der Waals surface area contributed by atoms with Gasteiger partial charge in [-0.1, -0.05) is 12.1 Å². The van der Waals surface area contributed by atoms with Gasteiger partial charge in [-0.05, 0) is 68.1 Å². The summed E-state index contributed by atoms with van der Waals surface area (Å²) in [6.45, 7) is 4.20. The van der Waals surface area contributed by atoms with E-state index in [-0.39, 0.29) is 24.3 Å². The van der Waals surface area contributed by atoms with Gasteiger partial charge in [0.15, 0.2) is 0 Å². The van der Waals surface area contributed by atoms with E-state index in [0.29, 0.717) is 0 Å². The summed E-state index contributed by atoms with van der Waals surface area (Å²) in [7, 11) is 0. The Labute approximate surface area is 147 Å². The highest BCUT2D eigenvalue weighted by Crippen LogP contribution is 2.30. The van der Waals surface area contributed by atoms with Gasteiger partial charge in [0.05, 0.1) is 6.54 Å². The molecule has 3 N–H and O–H groups in total. The van der Waals surface area contributed by atoms with Gasteiger partial charge in [-0.25, -0.2) is 0 Å². The lowest BCUT2D eigenvalue weighted by molar-refractivity contribution is -0.117. The second kappa shape index (κ2) is 7.38. The molecule has 0 atom stereocenters. The lowest BCUT2D eigenvalue weighted by Crippen LogP contribution is -2.22. The van der Waals surface area contributed by atoms with Crippen LogP contribution in [0.15, 0.2) is 42.5 Å². The molecule has 130 valence electrons. The maximum atomic E-state index is 12.1. The quantitative estimate of drug-likeness (QED) is 0.753. The number of hydrogen-bond donors (Lipinski definition) is 3. The summed E-state index contributed by atoms with van der Waals surface area (Å²) < 4.78 is 0. The van der Waals surface area contributed by atoms with Gasteiger partial charge in [0.2, 0.25) is 11.8 Å². The van der Waals surface area contributed by atoms with Crippen LogP contribution in [0.1, 0.15) is 24.0 Å². The van der Waals surface area contributed by atoms with Crippen LogP contribution in [0.5, 0.6) is 0 Å². The number of anilines is 3. The monoisotopic (exact) mass is 337 g/mol. The summed E-state index contributed by atoms with van der Waals surface area (Å²) in [4.78, 5) is 23.8. The predicted octanol–water partition coefficient (Wildman–Crippen LogP) is 3.70. The zero-order valence-corrected chi connectivity index (χ0v) is 14.6. The topological polar surface area (TPSA) is 70.2 Å². The van der Waals surface area contributed by atoms with E-state index >= 15 is 0 Å². The third kappa shape index (κ3) is 4.59. The van der Waals surface area contributed by atoms with Crippen molar-refractivity contribution in [3.05, 3.63) is 53.6 Å². The molecule has 1 fully saturated rings. The molecule has 0 heterocycles. The molecule has 0 saturated heterocycles. The minimum atomic E-state index is -0.0974. The number of amides is 2. The van der Waals surface area contributed by atoms with Gasteiger partial charge < -0.3 is 16.0 Å². The summed E-state index contributed by atoms with van der Waals surface area (Å²) >= 11 is 0. The Bertz CT molecular complexity index is 780. The van der Waals surface area contributed by atoms with Crippen molar-refractivity contribution in [2.45, 2.75) is 26.7 Å². The van der Waals surface area contributed by atoms with Crippen LogP contribution in [0.4, 0.5) is 17.1 Å². The summed E-state index contributed by atoms with van der Waals surface area (Å²) in [5.41, 5.74) is 4.67. The first-order valence-corrected chi connectivity index (χ1v) is 8.54. The van der Waals surface area contributed by atoms with Crippen LogP contribution >= 0.6 is 0 Å². The van der Waals surface area contributed by atoms with Gasteiger partial charge >= 0.3 is 0 Å².